The Balaban J connectivity index is 1.74. The fourth-order valence-corrected chi connectivity index (χ4v) is 1.96. The van der Waals surface area contributed by atoms with Gasteiger partial charge in [0.05, 0.1) is 0 Å². The molecule has 1 aromatic heterocycles. The molecule has 3 N–H and O–H groups in total. The maximum absolute atomic E-state index is 12.2. The summed E-state index contributed by atoms with van der Waals surface area (Å²) in [4.78, 5) is 14.2. The molecule has 0 aliphatic heterocycles. The smallest absolute Gasteiger partial charge is 0.272 e. The minimum Gasteiger partial charge on any atom is -0.382 e. The van der Waals surface area contributed by atoms with Crippen molar-refractivity contribution in [3.8, 4) is 0 Å². The van der Waals surface area contributed by atoms with Gasteiger partial charge in [0.1, 0.15) is 11.5 Å². The average molecular weight is 220 g/mol. The molecule has 0 unspecified atom stereocenters. The van der Waals surface area contributed by atoms with Gasteiger partial charge in [-0.15, -0.1) is 0 Å². The van der Waals surface area contributed by atoms with Gasteiger partial charge in [0.25, 0.3) is 5.91 Å². The van der Waals surface area contributed by atoms with E-state index in [0.717, 1.165) is 25.3 Å². The van der Waals surface area contributed by atoms with E-state index in [2.05, 4.69) is 10.2 Å². The first kappa shape index (κ1) is 9.69. The lowest BCUT2D eigenvalue weighted by molar-refractivity contribution is 0.0729. The predicted octanol–water partition coefficient (Wildman–Crippen LogP) is 1.01. The Morgan fingerprint density at radius 2 is 2.25 bits per heavy atom. The highest BCUT2D eigenvalue weighted by atomic mass is 16.2. The van der Waals surface area contributed by atoms with Crippen molar-refractivity contribution < 1.29 is 4.79 Å². The van der Waals surface area contributed by atoms with Crippen LogP contribution >= 0.6 is 0 Å². The van der Waals surface area contributed by atoms with E-state index < -0.39 is 0 Å². The summed E-state index contributed by atoms with van der Waals surface area (Å²) in [5.74, 6) is 1.16. The molecular weight excluding hydrogens is 204 g/mol. The number of nitrogens with one attached hydrogen (secondary N) is 1. The van der Waals surface area contributed by atoms with Crippen LogP contribution in [0.5, 0.6) is 0 Å². The lowest BCUT2D eigenvalue weighted by atomic mass is 10.3. The van der Waals surface area contributed by atoms with Crippen LogP contribution in [0.1, 0.15) is 36.2 Å². The summed E-state index contributed by atoms with van der Waals surface area (Å²) in [6.45, 7) is 0.905. The normalized spacial score (nSPS) is 19.8. The summed E-state index contributed by atoms with van der Waals surface area (Å²) in [6.07, 6.45) is 4.81. The van der Waals surface area contributed by atoms with Crippen LogP contribution in [0.2, 0.25) is 0 Å². The summed E-state index contributed by atoms with van der Waals surface area (Å²) in [7, 11) is 0. The summed E-state index contributed by atoms with van der Waals surface area (Å²) in [5, 5.41) is 6.50. The van der Waals surface area contributed by atoms with Crippen LogP contribution in [-0.4, -0.2) is 33.6 Å². The fourth-order valence-electron chi connectivity index (χ4n) is 1.96. The second-order valence-corrected chi connectivity index (χ2v) is 4.84. The Bertz CT molecular complexity index is 406. The Hall–Kier alpha value is -1.52. The third-order valence-electron chi connectivity index (χ3n) is 3.23. The highest BCUT2D eigenvalue weighted by Gasteiger charge is 2.37. The van der Waals surface area contributed by atoms with Gasteiger partial charge < -0.3 is 10.6 Å². The van der Waals surface area contributed by atoms with E-state index in [-0.39, 0.29) is 5.91 Å². The highest BCUT2D eigenvalue weighted by molar-refractivity contribution is 5.93. The van der Waals surface area contributed by atoms with Gasteiger partial charge >= 0.3 is 0 Å². The minimum absolute atomic E-state index is 0.0543. The van der Waals surface area contributed by atoms with E-state index in [9.17, 15) is 4.79 Å². The first-order valence-corrected chi connectivity index (χ1v) is 5.86. The van der Waals surface area contributed by atoms with Crippen LogP contribution in [0, 0.1) is 5.92 Å². The third kappa shape index (κ3) is 1.89. The Morgan fingerprint density at radius 3 is 2.75 bits per heavy atom. The number of carbonyl (C=O) groups excluding carboxylic acids is 1. The molecule has 1 amide bonds. The van der Waals surface area contributed by atoms with Gasteiger partial charge in [-0.05, 0) is 31.6 Å². The van der Waals surface area contributed by atoms with E-state index >= 15 is 0 Å². The maximum Gasteiger partial charge on any atom is 0.272 e. The van der Waals surface area contributed by atoms with Gasteiger partial charge in [-0.3, -0.25) is 9.89 Å². The molecule has 0 saturated heterocycles. The minimum atomic E-state index is 0.0543. The lowest BCUT2D eigenvalue weighted by Crippen LogP contribution is -2.35. The van der Waals surface area contributed by atoms with E-state index in [1.165, 1.54) is 12.8 Å². The van der Waals surface area contributed by atoms with Crippen molar-refractivity contribution in [1.82, 2.24) is 15.1 Å². The number of anilines is 1. The van der Waals surface area contributed by atoms with E-state index in [0.29, 0.717) is 17.6 Å². The van der Waals surface area contributed by atoms with E-state index in [4.69, 9.17) is 5.73 Å². The molecule has 1 heterocycles. The summed E-state index contributed by atoms with van der Waals surface area (Å²) < 4.78 is 0. The molecule has 2 fully saturated rings. The molecule has 3 rings (SSSR count). The fraction of sp³-hybridized carbons (Fsp3) is 0.636. The topological polar surface area (TPSA) is 75.0 Å². The molecule has 2 saturated carbocycles. The van der Waals surface area contributed by atoms with E-state index in [1.54, 1.807) is 6.07 Å². The molecule has 16 heavy (non-hydrogen) atoms. The second kappa shape index (κ2) is 3.50. The molecule has 0 spiro atoms. The first-order valence-electron chi connectivity index (χ1n) is 5.86. The molecule has 5 nitrogen and oxygen atoms in total. The number of nitrogens with zero attached hydrogens (tertiary/aromatic N) is 2. The van der Waals surface area contributed by atoms with Crippen molar-refractivity contribution in [3.05, 3.63) is 11.8 Å². The lowest BCUT2D eigenvalue weighted by Gasteiger charge is -2.21. The number of amides is 1. The zero-order chi connectivity index (χ0) is 11.1. The number of rotatable bonds is 4. The molecule has 86 valence electrons. The third-order valence-corrected chi connectivity index (χ3v) is 3.23. The first-order chi connectivity index (χ1) is 7.74. The van der Waals surface area contributed by atoms with Crippen molar-refractivity contribution in [2.45, 2.75) is 31.7 Å². The van der Waals surface area contributed by atoms with Crippen LogP contribution in [0.15, 0.2) is 6.07 Å². The molecule has 0 radical (unpaired) electrons. The maximum atomic E-state index is 12.2. The van der Waals surface area contributed by atoms with Crippen LogP contribution < -0.4 is 5.73 Å². The van der Waals surface area contributed by atoms with Gasteiger partial charge in [-0.2, -0.15) is 5.10 Å². The standard InChI is InChI=1S/C11H16N4O/c12-10-5-9(13-14-10)11(16)15(8-3-4-8)6-7-1-2-7/h5,7-8H,1-4,6H2,(H3,12,13,14). The van der Waals surface area contributed by atoms with Crippen molar-refractivity contribution in [2.24, 2.45) is 5.92 Å². The largest absolute Gasteiger partial charge is 0.382 e. The van der Waals surface area contributed by atoms with Crippen molar-refractivity contribution in [3.63, 3.8) is 0 Å². The predicted molar refractivity (Wildman–Crippen MR) is 59.8 cm³/mol. The SMILES string of the molecule is Nc1cc(C(=O)N(CC2CC2)C2CC2)[nH]n1. The number of H-pyrrole nitrogens is 1. The number of aromatic nitrogens is 2. The molecule has 0 bridgehead atoms. The summed E-state index contributed by atoms with van der Waals surface area (Å²) in [6, 6.07) is 2.07. The van der Waals surface area contributed by atoms with Crippen LogP contribution in [0.25, 0.3) is 0 Å². The number of nitrogens with two attached hydrogens (primary N) is 1. The second-order valence-electron chi connectivity index (χ2n) is 4.84. The summed E-state index contributed by atoms with van der Waals surface area (Å²) >= 11 is 0. The molecule has 0 aromatic carbocycles. The molecular formula is C11H16N4O. The number of hydrogen-bond acceptors (Lipinski definition) is 3. The number of aromatic amines is 1. The number of carbonyl (C=O) groups is 1. The number of nitrogen functional groups attached to an aromatic ring is 1. The zero-order valence-electron chi connectivity index (χ0n) is 9.15. The molecule has 1 aromatic rings. The van der Waals surface area contributed by atoms with Gasteiger partial charge in [0.2, 0.25) is 0 Å². The molecule has 2 aliphatic rings. The van der Waals surface area contributed by atoms with Gasteiger partial charge in [-0.1, -0.05) is 0 Å². The van der Waals surface area contributed by atoms with Crippen LogP contribution in [0.3, 0.4) is 0 Å². The Kier molecular flexibility index (Phi) is 2.12. The van der Waals surface area contributed by atoms with Crippen molar-refractivity contribution in [2.75, 3.05) is 12.3 Å². The van der Waals surface area contributed by atoms with Crippen molar-refractivity contribution >= 4 is 11.7 Å². The van der Waals surface area contributed by atoms with Gasteiger partial charge in [0, 0.05) is 18.7 Å². The van der Waals surface area contributed by atoms with E-state index in [1.807, 2.05) is 4.90 Å². The van der Waals surface area contributed by atoms with Crippen molar-refractivity contribution in [1.29, 1.82) is 0 Å². The summed E-state index contributed by atoms with van der Waals surface area (Å²) in [5.41, 5.74) is 6.03. The molecule has 0 atom stereocenters. The Morgan fingerprint density at radius 1 is 1.50 bits per heavy atom. The highest BCUT2D eigenvalue weighted by Crippen LogP contribution is 2.35. The number of hydrogen-bond donors (Lipinski definition) is 2. The Labute approximate surface area is 94.0 Å². The van der Waals surface area contributed by atoms with Crippen LogP contribution in [0.4, 0.5) is 5.82 Å². The van der Waals surface area contributed by atoms with Crippen LogP contribution in [-0.2, 0) is 0 Å². The molecule has 5 heteroatoms. The van der Waals surface area contributed by atoms with Gasteiger partial charge in [-0.25, -0.2) is 0 Å². The quantitative estimate of drug-likeness (QED) is 0.795. The monoisotopic (exact) mass is 220 g/mol. The zero-order valence-corrected chi connectivity index (χ0v) is 9.15. The average Bonchev–Trinajstić information content (AvgIpc) is 3.15. The molecule has 2 aliphatic carbocycles. The van der Waals surface area contributed by atoms with Gasteiger partial charge in [0.15, 0.2) is 0 Å².